The number of hydrogen-bond donors (Lipinski definition) is 2. The number of anilines is 1. The average molecular weight is 294 g/mol. The van der Waals surface area contributed by atoms with Crippen molar-refractivity contribution in [2.75, 3.05) is 5.32 Å². The van der Waals surface area contributed by atoms with Gasteiger partial charge < -0.3 is 5.11 Å². The van der Waals surface area contributed by atoms with Gasteiger partial charge in [0.05, 0.1) is 5.69 Å². The molecule has 0 saturated heterocycles. The van der Waals surface area contributed by atoms with Crippen molar-refractivity contribution in [3.8, 4) is 0 Å². The molecule has 7 heteroatoms. The quantitative estimate of drug-likeness (QED) is 0.908. The minimum absolute atomic E-state index is 0.0991. The second-order valence-corrected chi connectivity index (χ2v) is 4.92. The average Bonchev–Trinajstić information content (AvgIpc) is 2.82. The number of rotatable bonds is 4. The van der Waals surface area contributed by atoms with E-state index in [1.54, 1.807) is 6.92 Å². The minimum Gasteiger partial charge on any atom is -0.477 e. The molecule has 0 aliphatic carbocycles. The SMILES string of the molecule is CCc1nc(NC(=O)c2cccc(F)c2)sc1C(=O)O. The molecule has 1 aromatic heterocycles. The number of carbonyl (C=O) groups excluding carboxylic acids is 1. The van der Waals surface area contributed by atoms with Crippen LogP contribution in [0.1, 0.15) is 32.6 Å². The van der Waals surface area contributed by atoms with Crippen molar-refractivity contribution >= 4 is 28.3 Å². The number of nitrogens with one attached hydrogen (secondary N) is 1. The van der Waals surface area contributed by atoms with Gasteiger partial charge in [0.25, 0.3) is 5.91 Å². The van der Waals surface area contributed by atoms with Gasteiger partial charge >= 0.3 is 5.97 Å². The number of hydrogen-bond acceptors (Lipinski definition) is 4. The molecule has 104 valence electrons. The molecule has 0 aliphatic heterocycles. The Labute approximate surface area is 118 Å². The maximum absolute atomic E-state index is 13.0. The van der Waals surface area contributed by atoms with Crippen LogP contribution in [0.4, 0.5) is 9.52 Å². The number of halogens is 1. The van der Waals surface area contributed by atoms with E-state index in [9.17, 15) is 14.0 Å². The van der Waals surface area contributed by atoms with Crippen LogP contribution < -0.4 is 5.32 Å². The first-order valence-corrected chi connectivity index (χ1v) is 6.62. The van der Waals surface area contributed by atoms with Gasteiger partial charge in [0.15, 0.2) is 5.13 Å². The number of carbonyl (C=O) groups is 2. The summed E-state index contributed by atoms with van der Waals surface area (Å²) in [6.07, 6.45) is 0.452. The number of benzene rings is 1. The highest BCUT2D eigenvalue weighted by molar-refractivity contribution is 7.17. The summed E-state index contributed by atoms with van der Waals surface area (Å²) < 4.78 is 13.0. The topological polar surface area (TPSA) is 79.3 Å². The van der Waals surface area contributed by atoms with Crippen LogP contribution in [0.15, 0.2) is 24.3 Å². The van der Waals surface area contributed by atoms with E-state index >= 15 is 0 Å². The van der Waals surface area contributed by atoms with Crippen LogP contribution in [-0.2, 0) is 6.42 Å². The third-order valence-electron chi connectivity index (χ3n) is 2.53. The lowest BCUT2D eigenvalue weighted by Gasteiger charge is -2.01. The molecule has 2 N–H and O–H groups in total. The molecule has 20 heavy (non-hydrogen) atoms. The van der Waals surface area contributed by atoms with Crippen LogP contribution in [0, 0.1) is 5.82 Å². The van der Waals surface area contributed by atoms with Crippen molar-refractivity contribution in [1.29, 1.82) is 0 Å². The summed E-state index contributed by atoms with van der Waals surface area (Å²) >= 11 is 0.883. The van der Waals surface area contributed by atoms with Crippen molar-refractivity contribution in [2.45, 2.75) is 13.3 Å². The van der Waals surface area contributed by atoms with Gasteiger partial charge in [-0.1, -0.05) is 24.3 Å². The molecular weight excluding hydrogens is 283 g/mol. The molecule has 1 heterocycles. The molecule has 2 aromatic rings. The van der Waals surface area contributed by atoms with Gasteiger partial charge in [-0.2, -0.15) is 0 Å². The van der Waals surface area contributed by atoms with Gasteiger partial charge in [0.1, 0.15) is 10.7 Å². The van der Waals surface area contributed by atoms with Gasteiger partial charge in [0.2, 0.25) is 0 Å². The first-order chi connectivity index (χ1) is 9.51. The van der Waals surface area contributed by atoms with Crippen molar-refractivity contribution in [2.24, 2.45) is 0 Å². The van der Waals surface area contributed by atoms with E-state index in [0.717, 1.165) is 17.4 Å². The minimum atomic E-state index is -1.08. The smallest absolute Gasteiger partial charge is 0.347 e. The molecule has 0 saturated carbocycles. The lowest BCUT2D eigenvalue weighted by molar-refractivity contribution is 0.0700. The Kier molecular flexibility index (Phi) is 4.09. The van der Waals surface area contributed by atoms with Crippen molar-refractivity contribution in [3.63, 3.8) is 0 Å². The van der Waals surface area contributed by atoms with Gasteiger partial charge in [-0.05, 0) is 24.6 Å². The molecular formula is C13H11FN2O3S. The van der Waals surface area contributed by atoms with Crippen molar-refractivity contribution < 1.29 is 19.1 Å². The van der Waals surface area contributed by atoms with Gasteiger partial charge in [-0.25, -0.2) is 14.2 Å². The van der Waals surface area contributed by atoms with E-state index in [2.05, 4.69) is 10.3 Å². The lowest BCUT2D eigenvalue weighted by atomic mass is 10.2. The van der Waals surface area contributed by atoms with Crippen LogP contribution in [0.5, 0.6) is 0 Å². The summed E-state index contributed by atoms with van der Waals surface area (Å²) in [5.74, 6) is -2.12. The standard InChI is InChI=1S/C13H11FN2O3S/c1-2-9-10(12(18)19)20-13(15-9)16-11(17)7-4-3-5-8(14)6-7/h3-6H,2H2,1H3,(H,18,19)(H,15,16,17). The Morgan fingerprint density at radius 2 is 2.20 bits per heavy atom. The number of carboxylic acid groups (broad SMARTS) is 1. The molecule has 0 spiro atoms. The second kappa shape index (κ2) is 5.79. The Morgan fingerprint density at radius 3 is 2.75 bits per heavy atom. The second-order valence-electron chi connectivity index (χ2n) is 3.92. The normalized spacial score (nSPS) is 10.3. The zero-order valence-corrected chi connectivity index (χ0v) is 11.3. The predicted octanol–water partition coefficient (Wildman–Crippen LogP) is 2.80. The van der Waals surface area contributed by atoms with E-state index in [0.29, 0.717) is 12.1 Å². The first kappa shape index (κ1) is 14.1. The summed E-state index contributed by atoms with van der Waals surface area (Å²) in [4.78, 5) is 27.0. The van der Waals surface area contributed by atoms with Crippen LogP contribution in [0.3, 0.4) is 0 Å². The Bertz CT molecular complexity index is 669. The van der Waals surface area contributed by atoms with E-state index in [1.807, 2.05) is 0 Å². The molecule has 1 aromatic carbocycles. The van der Waals surface area contributed by atoms with E-state index in [4.69, 9.17) is 5.11 Å². The number of carboxylic acids is 1. The maximum atomic E-state index is 13.0. The molecule has 0 aliphatic rings. The molecule has 0 atom stereocenters. The maximum Gasteiger partial charge on any atom is 0.347 e. The monoisotopic (exact) mass is 294 g/mol. The fourth-order valence-electron chi connectivity index (χ4n) is 1.61. The van der Waals surface area contributed by atoms with E-state index in [1.165, 1.54) is 18.2 Å². The zero-order chi connectivity index (χ0) is 14.7. The fourth-order valence-corrected chi connectivity index (χ4v) is 2.50. The van der Waals surface area contributed by atoms with Crippen LogP contribution in [0.25, 0.3) is 0 Å². The molecule has 1 amide bonds. The van der Waals surface area contributed by atoms with Crippen LogP contribution >= 0.6 is 11.3 Å². The number of aromatic nitrogens is 1. The highest BCUT2D eigenvalue weighted by Gasteiger charge is 2.17. The highest BCUT2D eigenvalue weighted by Crippen LogP contribution is 2.24. The molecule has 0 bridgehead atoms. The van der Waals surface area contributed by atoms with Gasteiger partial charge in [-0.3, -0.25) is 10.1 Å². The number of nitrogens with zero attached hydrogens (tertiary/aromatic N) is 1. The van der Waals surface area contributed by atoms with Crippen LogP contribution in [0.2, 0.25) is 0 Å². The number of thiazole rings is 1. The summed E-state index contributed by atoms with van der Waals surface area (Å²) in [7, 11) is 0. The molecule has 2 rings (SSSR count). The Hall–Kier alpha value is -2.28. The fraction of sp³-hybridized carbons (Fsp3) is 0.154. The largest absolute Gasteiger partial charge is 0.477 e. The summed E-state index contributed by atoms with van der Waals surface area (Å²) in [5.41, 5.74) is 0.562. The molecule has 0 unspecified atom stereocenters. The van der Waals surface area contributed by atoms with Gasteiger partial charge in [-0.15, -0.1) is 0 Å². The molecule has 0 fully saturated rings. The summed E-state index contributed by atoms with van der Waals surface area (Å²) in [6.45, 7) is 1.78. The Balaban J connectivity index is 2.22. The number of aromatic carboxylic acids is 1. The van der Waals surface area contributed by atoms with Crippen molar-refractivity contribution in [1.82, 2.24) is 4.98 Å². The molecule has 0 radical (unpaired) electrons. The molecule has 5 nitrogen and oxygen atoms in total. The van der Waals surface area contributed by atoms with Crippen molar-refractivity contribution in [3.05, 3.63) is 46.2 Å². The summed E-state index contributed by atoms with van der Waals surface area (Å²) in [5, 5.41) is 11.7. The van der Waals surface area contributed by atoms with E-state index < -0.39 is 17.7 Å². The number of amides is 1. The highest BCUT2D eigenvalue weighted by atomic mass is 32.1. The summed E-state index contributed by atoms with van der Waals surface area (Å²) in [6, 6.07) is 5.22. The van der Waals surface area contributed by atoms with E-state index in [-0.39, 0.29) is 15.6 Å². The number of aryl methyl sites for hydroxylation is 1. The Morgan fingerprint density at radius 1 is 1.45 bits per heavy atom. The lowest BCUT2D eigenvalue weighted by Crippen LogP contribution is -2.11. The van der Waals surface area contributed by atoms with Gasteiger partial charge in [0, 0.05) is 5.56 Å². The third kappa shape index (κ3) is 3.00. The zero-order valence-electron chi connectivity index (χ0n) is 10.5. The third-order valence-corrected chi connectivity index (χ3v) is 3.53. The van der Waals surface area contributed by atoms with Crippen LogP contribution in [-0.4, -0.2) is 22.0 Å². The first-order valence-electron chi connectivity index (χ1n) is 5.81. The predicted molar refractivity (Wildman–Crippen MR) is 72.8 cm³/mol.